The van der Waals surface area contributed by atoms with E-state index in [0.717, 1.165) is 0 Å². The van der Waals surface area contributed by atoms with Crippen LogP contribution in [0.15, 0.2) is 24.3 Å². The summed E-state index contributed by atoms with van der Waals surface area (Å²) in [6.07, 6.45) is 0. The maximum absolute atomic E-state index is 12.8. The summed E-state index contributed by atoms with van der Waals surface area (Å²) in [6, 6.07) is 5.31. The zero-order valence-electron chi connectivity index (χ0n) is 10.2. The van der Waals surface area contributed by atoms with Gasteiger partial charge >= 0.3 is 6.61 Å². The fourth-order valence-corrected chi connectivity index (χ4v) is 1.44. The van der Waals surface area contributed by atoms with E-state index in [1.807, 2.05) is 0 Å². The van der Waals surface area contributed by atoms with Crippen LogP contribution >= 0.6 is 0 Å². The summed E-state index contributed by atoms with van der Waals surface area (Å²) in [6.45, 7) is -3.28. The predicted molar refractivity (Wildman–Crippen MR) is 61.5 cm³/mol. The van der Waals surface area contributed by atoms with Crippen LogP contribution in [0.4, 0.5) is 17.6 Å². The number of rotatable bonds is 7. The van der Waals surface area contributed by atoms with E-state index in [9.17, 15) is 17.6 Å². The Morgan fingerprint density at radius 3 is 2.63 bits per heavy atom. The van der Waals surface area contributed by atoms with E-state index in [0.29, 0.717) is 5.56 Å². The minimum absolute atomic E-state index is 0.0323. The number of benzene rings is 1. The molecule has 0 amide bonds. The first-order chi connectivity index (χ1) is 8.84. The van der Waals surface area contributed by atoms with Gasteiger partial charge in [-0.15, -0.1) is 0 Å². The summed E-state index contributed by atoms with van der Waals surface area (Å²) in [5.74, 6) is -3.25. The van der Waals surface area contributed by atoms with Gasteiger partial charge in [-0.25, -0.2) is 8.78 Å². The van der Waals surface area contributed by atoms with Gasteiger partial charge in [0.25, 0.3) is 5.92 Å². The lowest BCUT2D eigenvalue weighted by Crippen LogP contribution is -2.37. The van der Waals surface area contributed by atoms with Crippen LogP contribution in [-0.2, 0) is 0 Å². The molecule has 3 nitrogen and oxygen atoms in total. The molecule has 108 valence electrons. The van der Waals surface area contributed by atoms with Crippen molar-refractivity contribution in [3.8, 4) is 5.75 Å². The molecule has 0 spiro atoms. The van der Waals surface area contributed by atoms with Crippen LogP contribution in [0.1, 0.15) is 18.5 Å². The maximum Gasteiger partial charge on any atom is 0.387 e. The van der Waals surface area contributed by atoms with Crippen LogP contribution in [0, 0.1) is 0 Å². The molecule has 1 aromatic rings. The van der Waals surface area contributed by atoms with E-state index >= 15 is 0 Å². The summed E-state index contributed by atoms with van der Waals surface area (Å²) in [7, 11) is 0. The topological polar surface area (TPSA) is 41.5 Å². The average Bonchev–Trinajstić information content (AvgIpc) is 2.35. The molecule has 0 heterocycles. The number of nitrogens with one attached hydrogen (secondary N) is 1. The molecule has 7 heteroatoms. The summed E-state index contributed by atoms with van der Waals surface area (Å²) in [5, 5.41) is 10.9. The molecule has 0 radical (unpaired) electrons. The second-order valence-electron chi connectivity index (χ2n) is 4.07. The van der Waals surface area contributed by atoms with Crippen molar-refractivity contribution in [1.29, 1.82) is 0 Å². The SMILES string of the molecule is CC(NCC(F)(F)CO)c1cccc(OC(F)F)c1. The number of halogens is 4. The van der Waals surface area contributed by atoms with Crippen LogP contribution in [0.3, 0.4) is 0 Å². The number of alkyl halides is 4. The van der Waals surface area contributed by atoms with Crippen LogP contribution < -0.4 is 10.1 Å². The fourth-order valence-electron chi connectivity index (χ4n) is 1.44. The van der Waals surface area contributed by atoms with E-state index < -0.39 is 31.7 Å². The fraction of sp³-hybridized carbons (Fsp3) is 0.500. The van der Waals surface area contributed by atoms with Gasteiger partial charge in [-0.2, -0.15) is 8.78 Å². The quantitative estimate of drug-likeness (QED) is 0.755. The highest BCUT2D eigenvalue weighted by atomic mass is 19.3. The third-order valence-corrected chi connectivity index (χ3v) is 2.48. The molecular weight excluding hydrogens is 266 g/mol. The zero-order valence-corrected chi connectivity index (χ0v) is 10.2. The molecule has 0 aliphatic rings. The molecule has 0 aliphatic heterocycles. The van der Waals surface area contributed by atoms with Gasteiger partial charge in [-0.05, 0) is 24.6 Å². The first-order valence-electron chi connectivity index (χ1n) is 5.61. The molecular formula is C12H15F4NO2. The smallest absolute Gasteiger partial charge is 0.387 e. The van der Waals surface area contributed by atoms with Gasteiger partial charge in [0.2, 0.25) is 0 Å². The summed E-state index contributed by atoms with van der Waals surface area (Å²) >= 11 is 0. The van der Waals surface area contributed by atoms with Gasteiger partial charge < -0.3 is 15.2 Å². The summed E-state index contributed by atoms with van der Waals surface area (Å²) in [5.41, 5.74) is 0.534. The Hall–Kier alpha value is -1.34. The largest absolute Gasteiger partial charge is 0.435 e. The zero-order chi connectivity index (χ0) is 14.5. The molecule has 2 N–H and O–H groups in total. The minimum atomic E-state index is -3.22. The molecule has 0 aliphatic carbocycles. The molecule has 0 bridgehead atoms. The Kier molecular flexibility index (Phi) is 5.56. The van der Waals surface area contributed by atoms with Crippen molar-refractivity contribution in [2.75, 3.05) is 13.2 Å². The Bertz CT molecular complexity index is 401. The molecule has 1 rings (SSSR count). The van der Waals surface area contributed by atoms with Gasteiger partial charge in [-0.3, -0.25) is 0 Å². The Morgan fingerprint density at radius 1 is 1.37 bits per heavy atom. The van der Waals surface area contributed by atoms with E-state index in [2.05, 4.69) is 10.1 Å². The highest BCUT2D eigenvalue weighted by molar-refractivity contribution is 5.30. The second kappa shape index (κ2) is 6.72. The molecule has 0 saturated carbocycles. The van der Waals surface area contributed by atoms with Crippen LogP contribution in [0.5, 0.6) is 5.75 Å². The lowest BCUT2D eigenvalue weighted by Gasteiger charge is -2.19. The van der Waals surface area contributed by atoms with E-state index in [4.69, 9.17) is 5.11 Å². The molecule has 19 heavy (non-hydrogen) atoms. The van der Waals surface area contributed by atoms with E-state index in [-0.39, 0.29) is 5.75 Å². The highest BCUT2D eigenvalue weighted by Crippen LogP contribution is 2.21. The lowest BCUT2D eigenvalue weighted by molar-refractivity contribution is -0.0500. The van der Waals surface area contributed by atoms with E-state index in [1.165, 1.54) is 18.2 Å². The minimum Gasteiger partial charge on any atom is -0.435 e. The van der Waals surface area contributed by atoms with Gasteiger partial charge in [-0.1, -0.05) is 12.1 Å². The van der Waals surface area contributed by atoms with Crippen molar-refractivity contribution in [3.63, 3.8) is 0 Å². The molecule has 1 aromatic carbocycles. The van der Waals surface area contributed by atoms with Gasteiger partial charge in [0.1, 0.15) is 12.4 Å². The number of aliphatic hydroxyl groups excluding tert-OH is 1. The predicted octanol–water partition coefficient (Wildman–Crippen LogP) is 2.57. The lowest BCUT2D eigenvalue weighted by atomic mass is 10.1. The number of ether oxygens (including phenoxy) is 1. The highest BCUT2D eigenvalue weighted by Gasteiger charge is 2.27. The molecule has 1 unspecified atom stereocenters. The van der Waals surface area contributed by atoms with Gasteiger partial charge in [0.15, 0.2) is 0 Å². The second-order valence-corrected chi connectivity index (χ2v) is 4.07. The number of hydrogen-bond donors (Lipinski definition) is 2. The maximum atomic E-state index is 12.8. The van der Waals surface area contributed by atoms with Crippen molar-refractivity contribution < 1.29 is 27.4 Å². The third kappa shape index (κ3) is 5.44. The average molecular weight is 281 g/mol. The van der Waals surface area contributed by atoms with Crippen molar-refractivity contribution in [2.24, 2.45) is 0 Å². The number of hydrogen-bond acceptors (Lipinski definition) is 3. The van der Waals surface area contributed by atoms with Crippen molar-refractivity contribution >= 4 is 0 Å². The summed E-state index contributed by atoms with van der Waals surface area (Å²) < 4.78 is 54.0. The van der Waals surface area contributed by atoms with Crippen LogP contribution in [0.25, 0.3) is 0 Å². The Balaban J connectivity index is 2.64. The first-order valence-corrected chi connectivity index (χ1v) is 5.61. The normalized spacial score (nSPS) is 13.6. The standard InChI is InChI=1S/C12H15F4NO2/c1-8(17-6-12(15,16)7-18)9-3-2-4-10(5-9)19-11(13)14/h2-5,8,11,17-18H,6-7H2,1H3. The molecule has 1 atom stereocenters. The molecule has 0 aromatic heterocycles. The Labute approximate surface area is 108 Å². The van der Waals surface area contributed by atoms with Crippen molar-refractivity contribution in [3.05, 3.63) is 29.8 Å². The van der Waals surface area contributed by atoms with Crippen molar-refractivity contribution in [2.45, 2.75) is 25.5 Å². The van der Waals surface area contributed by atoms with Gasteiger partial charge in [0.05, 0.1) is 6.54 Å². The van der Waals surface area contributed by atoms with Gasteiger partial charge in [0, 0.05) is 6.04 Å². The van der Waals surface area contributed by atoms with Crippen molar-refractivity contribution in [1.82, 2.24) is 5.32 Å². The third-order valence-electron chi connectivity index (χ3n) is 2.48. The van der Waals surface area contributed by atoms with Crippen LogP contribution in [0.2, 0.25) is 0 Å². The number of aliphatic hydroxyl groups is 1. The molecule has 0 saturated heterocycles. The molecule has 0 fully saturated rings. The van der Waals surface area contributed by atoms with Crippen LogP contribution in [-0.4, -0.2) is 30.8 Å². The Morgan fingerprint density at radius 2 is 2.05 bits per heavy atom. The van der Waals surface area contributed by atoms with E-state index in [1.54, 1.807) is 13.0 Å². The first kappa shape index (κ1) is 15.7. The summed E-state index contributed by atoms with van der Waals surface area (Å²) in [4.78, 5) is 0. The monoisotopic (exact) mass is 281 g/mol.